The highest BCUT2D eigenvalue weighted by Crippen LogP contribution is 2.49. The number of rotatable bonds is 36. The Bertz CT molecular complexity index is 2410. The lowest BCUT2D eigenvalue weighted by Crippen LogP contribution is -2.58. The van der Waals surface area contributed by atoms with Gasteiger partial charge in [-0.1, -0.05) is 98.8 Å². The first kappa shape index (κ1) is 66.1. The first-order valence-electron chi connectivity index (χ1n) is 28.1. The van der Waals surface area contributed by atoms with Crippen LogP contribution in [0.3, 0.4) is 0 Å². The molecule has 1 heterocycles. The lowest BCUT2D eigenvalue weighted by molar-refractivity contribution is -0.247. The maximum atomic E-state index is 13.8. The van der Waals surface area contributed by atoms with E-state index in [1.165, 1.54) is 13.8 Å². The maximum Gasteiger partial charge on any atom is 0.410 e. The zero-order valence-electron chi connectivity index (χ0n) is 49.1. The topological polar surface area (TPSA) is 195 Å². The number of hydrogen-bond acceptors (Lipinski definition) is 16. The molecule has 4 aromatic rings. The van der Waals surface area contributed by atoms with E-state index in [0.717, 1.165) is 22.3 Å². The highest BCUT2D eigenvalue weighted by atomic mass is 31.2. The van der Waals surface area contributed by atoms with Gasteiger partial charge >= 0.3 is 12.1 Å². The lowest BCUT2D eigenvalue weighted by Gasteiger charge is -2.44. The van der Waals surface area contributed by atoms with E-state index in [9.17, 15) is 19.6 Å². The largest absolute Gasteiger partial charge is 0.497 e. The van der Waals surface area contributed by atoms with Crippen molar-refractivity contribution in [3.8, 4) is 17.6 Å². The zero-order valence-corrected chi connectivity index (χ0v) is 50.0. The summed E-state index contributed by atoms with van der Waals surface area (Å²) in [5, 5.41) is 12.5. The van der Waals surface area contributed by atoms with Crippen LogP contribution in [-0.4, -0.2) is 144 Å². The van der Waals surface area contributed by atoms with Gasteiger partial charge in [-0.05, 0) is 105 Å². The van der Waals surface area contributed by atoms with Crippen molar-refractivity contribution in [2.75, 3.05) is 80.2 Å². The average Bonchev–Trinajstić information content (AvgIpc) is 3.66. The van der Waals surface area contributed by atoms with Crippen LogP contribution in [0.2, 0.25) is 0 Å². The van der Waals surface area contributed by atoms with Gasteiger partial charge < -0.3 is 61.9 Å². The molecule has 5 rings (SSSR count). The molecule has 1 fully saturated rings. The number of nitriles is 1. The van der Waals surface area contributed by atoms with Crippen molar-refractivity contribution in [1.82, 2.24) is 14.9 Å². The minimum atomic E-state index is -1.66. The predicted octanol–water partition coefficient (Wildman–Crippen LogP) is 10.6. The summed E-state index contributed by atoms with van der Waals surface area (Å²) in [6, 6.07) is 37.4. The number of esters is 1. The molecule has 1 N–H and O–H groups in total. The minimum absolute atomic E-state index is 0.00865. The SMILES string of the molecule is COc1ccc(C(OCC(CCCCN(CCOCCOCCOC2OC(COC(C)=O)C(C)C(C)C2NC(C)=O)C(=O)OCc2ccccc2)OP(OCCC#N)N(C(C)C)C(C)C)(c2ccccc2)c2ccc(OC)cc2)cc1. The number of benzene rings is 4. The van der Waals surface area contributed by atoms with Crippen LogP contribution in [0.25, 0.3) is 0 Å². The van der Waals surface area contributed by atoms with E-state index in [2.05, 4.69) is 55.9 Å². The van der Waals surface area contributed by atoms with Crippen molar-refractivity contribution in [1.29, 1.82) is 5.26 Å². The van der Waals surface area contributed by atoms with Gasteiger partial charge in [0.2, 0.25) is 5.91 Å². The second-order valence-corrected chi connectivity index (χ2v) is 21.9. The number of ether oxygens (including phenoxy) is 9. The molecule has 4 aromatic carbocycles. The molecular formula is C62H87N4O14P. The molecule has 81 heavy (non-hydrogen) atoms. The fraction of sp³-hybridized carbons (Fsp3) is 0.548. The summed E-state index contributed by atoms with van der Waals surface area (Å²) in [5.74, 6) is 0.795. The molecule has 19 heteroatoms. The standard InChI is InChI=1S/C62H87N4O14P/c1-45(2)66(46(3)4)81(78-36-19-33-63)80-57(43-77-62(52-22-15-12-16-23-52,53-25-29-55(70-9)30-26-53)54-27-31-56(71-10)32-28-54)24-17-18-34-65(61(69)76-42-51-20-13-11-14-21-51)35-37-72-38-39-73-40-41-74-60-59(64-49(7)67)48(6)47(5)58(79-60)44-75-50(8)68/h11-16,20-23,25-32,45-48,57-60H,17-19,24,34-44H2,1-10H3,(H,64,67). The number of nitrogens with zero attached hydrogens (tertiary/aromatic N) is 3. The fourth-order valence-electron chi connectivity index (χ4n) is 9.64. The number of unbranched alkanes of at least 4 members (excludes halogenated alkanes) is 1. The summed E-state index contributed by atoms with van der Waals surface area (Å²) >= 11 is 0. The van der Waals surface area contributed by atoms with Gasteiger partial charge in [0.15, 0.2) is 6.29 Å². The van der Waals surface area contributed by atoms with Crippen molar-refractivity contribution in [2.45, 2.75) is 130 Å². The molecule has 0 aliphatic carbocycles. The van der Waals surface area contributed by atoms with Crippen molar-refractivity contribution >= 4 is 26.5 Å². The van der Waals surface area contributed by atoms with Crippen LogP contribution in [0.15, 0.2) is 109 Å². The summed E-state index contributed by atoms with van der Waals surface area (Å²) in [6.45, 7) is 17.6. The molecule has 18 nitrogen and oxygen atoms in total. The van der Waals surface area contributed by atoms with E-state index in [1.807, 2.05) is 111 Å². The van der Waals surface area contributed by atoms with Crippen molar-refractivity contribution in [3.63, 3.8) is 0 Å². The second kappa shape index (κ2) is 35.3. The predicted molar refractivity (Wildman–Crippen MR) is 309 cm³/mol. The zero-order chi connectivity index (χ0) is 58.6. The third-order valence-corrected chi connectivity index (χ3v) is 16.2. The Morgan fingerprint density at radius 3 is 1.86 bits per heavy atom. The van der Waals surface area contributed by atoms with Crippen LogP contribution < -0.4 is 14.8 Å². The third kappa shape index (κ3) is 20.9. The van der Waals surface area contributed by atoms with Crippen LogP contribution >= 0.6 is 8.53 Å². The van der Waals surface area contributed by atoms with Crippen molar-refractivity contribution in [3.05, 3.63) is 131 Å². The Hall–Kier alpha value is -5.71. The molecule has 7 unspecified atom stereocenters. The molecule has 1 aliphatic heterocycles. The molecule has 0 saturated carbocycles. The first-order valence-corrected chi connectivity index (χ1v) is 29.3. The van der Waals surface area contributed by atoms with E-state index >= 15 is 0 Å². The van der Waals surface area contributed by atoms with Crippen LogP contribution in [-0.2, 0) is 64.0 Å². The molecule has 0 radical (unpaired) electrons. The van der Waals surface area contributed by atoms with Crippen molar-refractivity contribution < 1.29 is 66.1 Å². The summed E-state index contributed by atoms with van der Waals surface area (Å²) in [6.07, 6.45) is -0.131. The van der Waals surface area contributed by atoms with Crippen molar-refractivity contribution in [2.24, 2.45) is 11.8 Å². The number of hydrogen-bond donors (Lipinski definition) is 1. The smallest absolute Gasteiger partial charge is 0.410 e. The summed E-state index contributed by atoms with van der Waals surface area (Å²) in [7, 11) is 1.62. The summed E-state index contributed by atoms with van der Waals surface area (Å²) in [4.78, 5) is 39.1. The lowest BCUT2D eigenvalue weighted by atomic mass is 9.80. The molecule has 444 valence electrons. The highest BCUT2D eigenvalue weighted by Gasteiger charge is 2.43. The van der Waals surface area contributed by atoms with Crippen LogP contribution in [0.4, 0.5) is 4.79 Å². The van der Waals surface area contributed by atoms with E-state index < -0.39 is 50.7 Å². The Morgan fingerprint density at radius 1 is 0.716 bits per heavy atom. The number of amides is 2. The molecule has 7 atom stereocenters. The van der Waals surface area contributed by atoms with Gasteiger partial charge in [0, 0.05) is 39.0 Å². The molecule has 0 spiro atoms. The molecule has 1 saturated heterocycles. The minimum Gasteiger partial charge on any atom is -0.497 e. The Balaban J connectivity index is 1.29. The number of nitrogens with one attached hydrogen (secondary N) is 1. The quantitative estimate of drug-likeness (QED) is 0.0195. The van der Waals surface area contributed by atoms with E-state index in [1.54, 1.807) is 19.1 Å². The monoisotopic (exact) mass is 1140 g/mol. The Kier molecular flexibility index (Phi) is 28.8. The van der Waals surface area contributed by atoms with E-state index in [0.29, 0.717) is 37.3 Å². The fourth-order valence-corrected chi connectivity index (χ4v) is 11.4. The second-order valence-electron chi connectivity index (χ2n) is 20.5. The highest BCUT2D eigenvalue weighted by molar-refractivity contribution is 7.44. The van der Waals surface area contributed by atoms with Gasteiger partial charge in [0.1, 0.15) is 30.3 Å². The van der Waals surface area contributed by atoms with Crippen LogP contribution in [0.1, 0.15) is 103 Å². The van der Waals surface area contributed by atoms with Gasteiger partial charge in [-0.25, -0.2) is 9.46 Å². The number of methoxy groups -OCH3 is 2. The van der Waals surface area contributed by atoms with Gasteiger partial charge in [0.25, 0.3) is 8.53 Å². The maximum absolute atomic E-state index is 13.8. The summed E-state index contributed by atoms with van der Waals surface area (Å²) < 4.78 is 69.6. The molecule has 0 aromatic heterocycles. The van der Waals surface area contributed by atoms with Crippen LogP contribution in [0.5, 0.6) is 11.5 Å². The van der Waals surface area contributed by atoms with Gasteiger partial charge in [0.05, 0.1) is 91.2 Å². The van der Waals surface area contributed by atoms with Gasteiger partial charge in [-0.15, -0.1) is 0 Å². The summed E-state index contributed by atoms with van der Waals surface area (Å²) in [5.41, 5.74) is 2.42. The molecule has 0 bridgehead atoms. The number of carbonyl (C=O) groups excluding carboxylic acids is 3. The third-order valence-electron chi connectivity index (χ3n) is 14.0. The van der Waals surface area contributed by atoms with Gasteiger partial charge in [-0.3, -0.25) is 9.59 Å². The molecule has 2 amide bonds. The molecular weight excluding hydrogens is 1060 g/mol. The van der Waals surface area contributed by atoms with Crippen LogP contribution in [0, 0.1) is 23.2 Å². The molecule has 1 aliphatic rings. The normalized spacial score (nSPS) is 18.0. The van der Waals surface area contributed by atoms with E-state index in [-0.39, 0.29) is 102 Å². The Labute approximate surface area is 481 Å². The number of carbonyl (C=O) groups is 3. The van der Waals surface area contributed by atoms with E-state index in [4.69, 9.17) is 51.7 Å². The first-order chi connectivity index (χ1) is 39.1. The van der Waals surface area contributed by atoms with Gasteiger partial charge in [-0.2, -0.15) is 5.26 Å². The Morgan fingerprint density at radius 2 is 1.30 bits per heavy atom. The average molecular weight is 1140 g/mol.